The van der Waals surface area contributed by atoms with Crippen molar-refractivity contribution in [1.29, 1.82) is 0 Å². The van der Waals surface area contributed by atoms with Crippen LogP contribution in [0.2, 0.25) is 5.02 Å². The van der Waals surface area contributed by atoms with Crippen LogP contribution in [-0.4, -0.2) is 42.5 Å². The molecule has 2 aromatic carbocycles. The molecule has 1 aliphatic rings. The predicted octanol–water partition coefficient (Wildman–Crippen LogP) is 4.58. The minimum Gasteiger partial charge on any atom is -0.507 e. The molecule has 0 radical (unpaired) electrons. The number of aliphatic hydroxyl groups is 1. The largest absolute Gasteiger partial charge is 0.507 e. The van der Waals surface area contributed by atoms with Crippen LogP contribution in [0.5, 0.6) is 11.5 Å². The second kappa shape index (κ2) is 9.22. The molecule has 0 bridgehead atoms. The van der Waals surface area contributed by atoms with E-state index in [0.717, 1.165) is 12.8 Å². The fourth-order valence-electron chi connectivity index (χ4n) is 3.57. The number of unbranched alkanes of at least 4 members (excludes halogenated alkanes) is 1. The van der Waals surface area contributed by atoms with Crippen molar-refractivity contribution in [2.45, 2.75) is 25.8 Å². The summed E-state index contributed by atoms with van der Waals surface area (Å²) in [5.74, 6) is -0.557. The second-order valence-corrected chi connectivity index (χ2v) is 7.40. The molecular weight excluding hydrogens is 406 g/mol. The van der Waals surface area contributed by atoms with Gasteiger partial charge in [0.05, 0.1) is 25.8 Å². The summed E-state index contributed by atoms with van der Waals surface area (Å²) >= 11 is 5.95. The number of methoxy groups -OCH3 is 2. The highest BCUT2D eigenvalue weighted by atomic mass is 35.5. The van der Waals surface area contributed by atoms with Crippen LogP contribution in [-0.2, 0) is 9.59 Å². The van der Waals surface area contributed by atoms with Crippen LogP contribution < -0.4 is 9.47 Å². The van der Waals surface area contributed by atoms with Crippen molar-refractivity contribution in [1.82, 2.24) is 4.90 Å². The molecule has 1 atom stereocenters. The topological polar surface area (TPSA) is 76.1 Å². The van der Waals surface area contributed by atoms with Gasteiger partial charge < -0.3 is 19.5 Å². The van der Waals surface area contributed by atoms with E-state index in [1.807, 2.05) is 6.92 Å². The van der Waals surface area contributed by atoms with Gasteiger partial charge in [-0.15, -0.1) is 0 Å². The second-order valence-electron chi connectivity index (χ2n) is 6.96. The van der Waals surface area contributed by atoms with Gasteiger partial charge in [0.1, 0.15) is 17.3 Å². The number of aliphatic hydroxyl groups excluding tert-OH is 1. The summed E-state index contributed by atoms with van der Waals surface area (Å²) in [6, 6.07) is 10.9. The fourth-order valence-corrected chi connectivity index (χ4v) is 3.70. The van der Waals surface area contributed by atoms with Crippen molar-refractivity contribution < 1.29 is 24.2 Å². The van der Waals surface area contributed by atoms with Gasteiger partial charge in [-0.25, -0.2) is 0 Å². The molecule has 3 rings (SSSR count). The number of halogens is 1. The lowest BCUT2D eigenvalue weighted by molar-refractivity contribution is -0.139. The molecule has 0 aromatic heterocycles. The third kappa shape index (κ3) is 4.00. The highest BCUT2D eigenvalue weighted by molar-refractivity contribution is 6.46. The lowest BCUT2D eigenvalue weighted by Crippen LogP contribution is -2.30. The quantitative estimate of drug-likeness (QED) is 0.396. The molecule has 1 saturated heterocycles. The van der Waals surface area contributed by atoms with Gasteiger partial charge in [0.2, 0.25) is 0 Å². The predicted molar refractivity (Wildman–Crippen MR) is 115 cm³/mol. The maximum absolute atomic E-state index is 13.0. The molecule has 1 aliphatic heterocycles. The van der Waals surface area contributed by atoms with Gasteiger partial charge in [0.25, 0.3) is 11.7 Å². The van der Waals surface area contributed by atoms with Crippen molar-refractivity contribution in [2.24, 2.45) is 0 Å². The zero-order valence-corrected chi connectivity index (χ0v) is 17.9. The van der Waals surface area contributed by atoms with E-state index in [1.54, 1.807) is 49.6 Å². The van der Waals surface area contributed by atoms with E-state index < -0.39 is 17.7 Å². The number of hydrogen-bond donors (Lipinski definition) is 1. The van der Waals surface area contributed by atoms with E-state index in [0.29, 0.717) is 34.2 Å². The molecule has 2 aromatic rings. The Morgan fingerprint density at radius 2 is 1.80 bits per heavy atom. The number of nitrogens with zero attached hydrogens (tertiary/aromatic N) is 1. The summed E-state index contributed by atoms with van der Waals surface area (Å²) in [5.41, 5.74) is 1.04. The number of likely N-dealkylation sites (tertiary alicyclic amines) is 1. The first-order valence-electron chi connectivity index (χ1n) is 9.69. The van der Waals surface area contributed by atoms with Crippen molar-refractivity contribution >= 4 is 29.1 Å². The number of hydrogen-bond acceptors (Lipinski definition) is 5. The van der Waals surface area contributed by atoms with Gasteiger partial charge in [-0.1, -0.05) is 24.9 Å². The zero-order chi connectivity index (χ0) is 21.8. The van der Waals surface area contributed by atoms with E-state index in [-0.39, 0.29) is 11.3 Å². The Hall–Kier alpha value is -2.99. The van der Waals surface area contributed by atoms with Crippen LogP contribution in [0.15, 0.2) is 48.0 Å². The Kier molecular flexibility index (Phi) is 6.67. The van der Waals surface area contributed by atoms with Crippen LogP contribution in [0.4, 0.5) is 0 Å². The van der Waals surface area contributed by atoms with Crippen molar-refractivity contribution in [3.05, 3.63) is 64.2 Å². The van der Waals surface area contributed by atoms with Gasteiger partial charge in [-0.2, -0.15) is 0 Å². The van der Waals surface area contributed by atoms with Crippen LogP contribution in [0.1, 0.15) is 36.9 Å². The summed E-state index contributed by atoms with van der Waals surface area (Å²) in [6.45, 7) is 2.39. The van der Waals surface area contributed by atoms with E-state index in [4.69, 9.17) is 21.1 Å². The Bertz CT molecular complexity index is 984. The smallest absolute Gasteiger partial charge is 0.295 e. The maximum Gasteiger partial charge on any atom is 0.295 e. The monoisotopic (exact) mass is 429 g/mol. The molecular formula is C23H24ClNO5. The first kappa shape index (κ1) is 21.7. The van der Waals surface area contributed by atoms with Crippen molar-refractivity contribution in [3.8, 4) is 11.5 Å². The number of rotatable bonds is 7. The minimum absolute atomic E-state index is 0.0295. The number of amides is 1. The molecule has 1 unspecified atom stereocenters. The van der Waals surface area contributed by atoms with Gasteiger partial charge in [0.15, 0.2) is 0 Å². The zero-order valence-electron chi connectivity index (χ0n) is 17.1. The third-order valence-electron chi connectivity index (χ3n) is 5.15. The first-order valence-corrected chi connectivity index (χ1v) is 10.1. The SMILES string of the molecule is CCCCN1C(=O)C(=O)C(=C(O)c2ccc(Cl)cc2)C1c1ccc(OC)cc1OC. The number of benzene rings is 2. The maximum atomic E-state index is 13.0. The average molecular weight is 430 g/mol. The molecule has 0 aliphatic carbocycles. The van der Waals surface area contributed by atoms with E-state index in [2.05, 4.69) is 0 Å². The molecule has 7 heteroatoms. The molecule has 1 fully saturated rings. The Morgan fingerprint density at radius 1 is 1.10 bits per heavy atom. The first-order chi connectivity index (χ1) is 14.4. The van der Waals surface area contributed by atoms with Crippen molar-refractivity contribution in [2.75, 3.05) is 20.8 Å². The van der Waals surface area contributed by atoms with Crippen LogP contribution in [0.25, 0.3) is 5.76 Å². The standard InChI is InChI=1S/C23H24ClNO5/c1-4-5-12-25-20(17-11-10-16(29-2)13-18(17)30-3)19(22(27)23(25)28)21(26)14-6-8-15(24)9-7-14/h6-11,13,20,26H,4-5,12H2,1-3H3. The summed E-state index contributed by atoms with van der Waals surface area (Å²) in [5, 5.41) is 11.5. The molecule has 30 heavy (non-hydrogen) atoms. The number of ether oxygens (including phenoxy) is 2. The van der Waals surface area contributed by atoms with E-state index >= 15 is 0 Å². The van der Waals surface area contributed by atoms with Gasteiger partial charge >= 0.3 is 0 Å². The highest BCUT2D eigenvalue weighted by Crippen LogP contribution is 2.43. The fraction of sp³-hybridized carbons (Fsp3) is 0.304. The van der Waals surface area contributed by atoms with Gasteiger partial charge in [-0.3, -0.25) is 9.59 Å². The molecule has 158 valence electrons. The van der Waals surface area contributed by atoms with Crippen molar-refractivity contribution in [3.63, 3.8) is 0 Å². The Morgan fingerprint density at radius 3 is 2.40 bits per heavy atom. The Balaban J connectivity index is 2.21. The summed E-state index contributed by atoms with van der Waals surface area (Å²) in [4.78, 5) is 27.3. The summed E-state index contributed by atoms with van der Waals surface area (Å²) in [7, 11) is 3.05. The molecule has 6 nitrogen and oxygen atoms in total. The Labute approximate surface area is 180 Å². The molecule has 0 saturated carbocycles. The molecule has 1 heterocycles. The van der Waals surface area contributed by atoms with Gasteiger partial charge in [0, 0.05) is 28.8 Å². The summed E-state index contributed by atoms with van der Waals surface area (Å²) in [6.07, 6.45) is 1.58. The highest BCUT2D eigenvalue weighted by Gasteiger charge is 2.46. The number of carbonyl (C=O) groups is 2. The van der Waals surface area contributed by atoms with Gasteiger partial charge in [-0.05, 0) is 42.8 Å². The molecule has 0 spiro atoms. The average Bonchev–Trinajstić information content (AvgIpc) is 3.01. The van der Waals surface area contributed by atoms with E-state index in [9.17, 15) is 14.7 Å². The summed E-state index contributed by atoms with van der Waals surface area (Å²) < 4.78 is 10.8. The lowest BCUT2D eigenvalue weighted by atomic mass is 9.94. The van der Waals surface area contributed by atoms with Crippen LogP contribution >= 0.6 is 11.6 Å². The molecule has 1 amide bonds. The lowest BCUT2D eigenvalue weighted by Gasteiger charge is -2.26. The minimum atomic E-state index is -0.770. The van der Waals surface area contributed by atoms with Crippen LogP contribution in [0, 0.1) is 0 Å². The number of carbonyl (C=O) groups excluding carboxylic acids is 2. The van der Waals surface area contributed by atoms with E-state index in [1.165, 1.54) is 12.0 Å². The number of Topliss-reactive ketones (excluding diaryl/α,β-unsaturated/α-hetero) is 1. The normalized spacial score (nSPS) is 18.0. The van der Waals surface area contributed by atoms with Crippen LogP contribution in [0.3, 0.4) is 0 Å². The number of ketones is 1. The molecule has 1 N–H and O–H groups in total. The third-order valence-corrected chi connectivity index (χ3v) is 5.40.